The summed E-state index contributed by atoms with van der Waals surface area (Å²) in [4.78, 5) is 4.48. The highest BCUT2D eigenvalue weighted by atomic mass is 32.2. The molecule has 2 atom stereocenters. The highest BCUT2D eigenvalue weighted by Crippen LogP contribution is 2.48. The van der Waals surface area contributed by atoms with Crippen molar-refractivity contribution in [2.45, 2.75) is 22.5 Å². The number of rotatable bonds is 4. The molecule has 0 unspecified atom stereocenters. The SMILES string of the molecule is O=S(=O)([C@H]1C(c2ccccc2)=NO[C@]1(/C=C/c1ccccc1)C(F)(F)F)C(F)(F)F. The van der Waals surface area contributed by atoms with Crippen molar-refractivity contribution in [3.8, 4) is 0 Å². The number of benzene rings is 2. The summed E-state index contributed by atoms with van der Waals surface area (Å²) < 4.78 is 107. The van der Waals surface area contributed by atoms with E-state index >= 15 is 0 Å². The van der Waals surface area contributed by atoms with Crippen LogP contribution in [0.3, 0.4) is 0 Å². The van der Waals surface area contributed by atoms with Gasteiger partial charge in [0.15, 0.2) is 5.25 Å². The monoisotopic (exact) mass is 449 g/mol. The number of oxime groups is 1. The van der Waals surface area contributed by atoms with Crippen LogP contribution in [0.15, 0.2) is 71.9 Å². The average Bonchev–Trinajstić information content (AvgIpc) is 3.08. The van der Waals surface area contributed by atoms with Gasteiger partial charge in [-0.05, 0) is 11.6 Å². The lowest BCUT2D eigenvalue weighted by atomic mass is 9.91. The van der Waals surface area contributed by atoms with Crippen LogP contribution in [0.1, 0.15) is 11.1 Å². The molecule has 3 rings (SSSR count). The number of hydrogen-bond acceptors (Lipinski definition) is 4. The van der Waals surface area contributed by atoms with Crippen LogP contribution in [0.2, 0.25) is 0 Å². The zero-order valence-electron chi connectivity index (χ0n) is 14.9. The first-order valence-electron chi connectivity index (χ1n) is 8.33. The number of nitrogens with zero attached hydrogens (tertiary/aromatic N) is 1. The molecule has 4 nitrogen and oxygen atoms in total. The smallest absolute Gasteiger partial charge is 0.373 e. The van der Waals surface area contributed by atoms with E-state index in [4.69, 9.17) is 0 Å². The summed E-state index contributed by atoms with van der Waals surface area (Å²) in [6.45, 7) is 0. The van der Waals surface area contributed by atoms with Gasteiger partial charge in [0.25, 0.3) is 15.4 Å². The number of alkyl halides is 6. The fourth-order valence-corrected chi connectivity index (χ4v) is 4.40. The molecule has 0 aromatic heterocycles. The van der Waals surface area contributed by atoms with Gasteiger partial charge in [-0.25, -0.2) is 8.42 Å². The molecule has 0 fully saturated rings. The summed E-state index contributed by atoms with van der Waals surface area (Å²) in [5.74, 6) is 0. The van der Waals surface area contributed by atoms with E-state index in [1.54, 1.807) is 6.07 Å². The quantitative estimate of drug-likeness (QED) is 0.634. The molecule has 0 bridgehead atoms. The van der Waals surface area contributed by atoms with E-state index in [2.05, 4.69) is 9.99 Å². The Hall–Kier alpha value is -2.82. The Morgan fingerprint density at radius 2 is 1.43 bits per heavy atom. The lowest BCUT2D eigenvalue weighted by Gasteiger charge is -2.32. The molecule has 0 saturated heterocycles. The molecule has 0 aliphatic carbocycles. The molecule has 11 heteroatoms. The van der Waals surface area contributed by atoms with Crippen LogP contribution in [-0.2, 0) is 14.7 Å². The lowest BCUT2D eigenvalue weighted by molar-refractivity contribution is -0.247. The van der Waals surface area contributed by atoms with Crippen molar-refractivity contribution in [2.75, 3.05) is 0 Å². The molecule has 1 aliphatic rings. The zero-order chi connectivity index (χ0) is 22.2. The summed E-state index contributed by atoms with van der Waals surface area (Å²) >= 11 is 0. The Balaban J connectivity index is 2.24. The lowest BCUT2D eigenvalue weighted by Crippen LogP contribution is -2.59. The largest absolute Gasteiger partial charge is 0.498 e. The molecule has 2 aromatic rings. The van der Waals surface area contributed by atoms with Gasteiger partial charge >= 0.3 is 11.7 Å². The molecule has 0 spiro atoms. The molecule has 1 heterocycles. The third-order valence-electron chi connectivity index (χ3n) is 4.40. The minimum atomic E-state index is -6.40. The second kappa shape index (κ2) is 7.46. The van der Waals surface area contributed by atoms with Gasteiger partial charge in [-0.1, -0.05) is 71.9 Å². The van der Waals surface area contributed by atoms with Gasteiger partial charge in [-0.15, -0.1) is 0 Å². The third-order valence-corrected chi connectivity index (χ3v) is 6.24. The van der Waals surface area contributed by atoms with Crippen LogP contribution in [-0.4, -0.2) is 36.7 Å². The van der Waals surface area contributed by atoms with Crippen LogP contribution in [0.25, 0.3) is 6.08 Å². The standard InChI is InChI=1S/C19H13F6NO3S/c20-18(21,22)17(12-11-13-7-3-1-4-8-13)16(30(27,28)19(23,24)25)15(26-29-17)14-9-5-2-6-10-14/h1-12,16H/b12-11+/t16-,17-/m0/s1. The molecule has 30 heavy (non-hydrogen) atoms. The first-order chi connectivity index (χ1) is 13.9. The Morgan fingerprint density at radius 3 is 1.93 bits per heavy atom. The molecule has 0 N–H and O–H groups in total. The number of hydrogen-bond donors (Lipinski definition) is 0. The van der Waals surface area contributed by atoms with Crippen LogP contribution in [0.5, 0.6) is 0 Å². The van der Waals surface area contributed by atoms with Crippen molar-refractivity contribution in [1.82, 2.24) is 0 Å². The van der Waals surface area contributed by atoms with Crippen LogP contribution < -0.4 is 0 Å². The number of halogens is 6. The second-order valence-corrected chi connectivity index (χ2v) is 8.36. The maximum Gasteiger partial charge on any atom is 0.498 e. The normalized spacial score (nSPS) is 22.7. The molecule has 0 saturated carbocycles. The molecule has 0 amide bonds. The maximum atomic E-state index is 14.1. The highest BCUT2D eigenvalue weighted by molar-refractivity contribution is 7.93. The van der Waals surface area contributed by atoms with Gasteiger partial charge < -0.3 is 4.84 Å². The van der Waals surface area contributed by atoms with Gasteiger partial charge in [-0.2, -0.15) is 26.3 Å². The molecule has 1 aliphatic heterocycles. The predicted molar refractivity (Wildman–Crippen MR) is 97.1 cm³/mol. The van der Waals surface area contributed by atoms with Crippen molar-refractivity contribution in [3.05, 3.63) is 77.9 Å². The van der Waals surface area contributed by atoms with Gasteiger partial charge in [0.2, 0.25) is 0 Å². The van der Waals surface area contributed by atoms with Gasteiger partial charge in [-0.3, -0.25) is 0 Å². The van der Waals surface area contributed by atoms with Crippen molar-refractivity contribution in [1.29, 1.82) is 0 Å². The zero-order valence-corrected chi connectivity index (χ0v) is 15.7. The minimum Gasteiger partial charge on any atom is -0.373 e. The number of sulfone groups is 1. The molecular formula is C19H13F6NO3S. The Morgan fingerprint density at radius 1 is 0.900 bits per heavy atom. The Labute approximate surface area is 167 Å². The summed E-state index contributed by atoms with van der Waals surface area (Å²) in [6, 6.07) is 13.7. The molecule has 160 valence electrons. The van der Waals surface area contributed by atoms with E-state index < -0.39 is 38.1 Å². The van der Waals surface area contributed by atoms with E-state index in [-0.39, 0.29) is 17.2 Å². The van der Waals surface area contributed by atoms with E-state index in [1.165, 1.54) is 42.5 Å². The van der Waals surface area contributed by atoms with E-state index in [1.807, 2.05) is 0 Å². The Bertz CT molecular complexity index is 1060. The summed E-state index contributed by atoms with van der Waals surface area (Å²) in [6.07, 6.45) is -4.44. The van der Waals surface area contributed by atoms with Crippen molar-refractivity contribution in [2.24, 2.45) is 5.16 Å². The highest BCUT2D eigenvalue weighted by Gasteiger charge is 2.73. The van der Waals surface area contributed by atoms with Gasteiger partial charge in [0.05, 0.1) is 0 Å². The molecular weight excluding hydrogens is 436 g/mol. The fraction of sp³-hybridized carbons (Fsp3) is 0.211. The van der Waals surface area contributed by atoms with E-state index in [0.717, 1.165) is 18.2 Å². The van der Waals surface area contributed by atoms with Crippen molar-refractivity contribution < 1.29 is 39.6 Å². The van der Waals surface area contributed by atoms with Gasteiger partial charge in [0, 0.05) is 5.56 Å². The first-order valence-corrected chi connectivity index (χ1v) is 9.87. The first kappa shape index (κ1) is 21.9. The van der Waals surface area contributed by atoms with Crippen LogP contribution in [0, 0.1) is 0 Å². The van der Waals surface area contributed by atoms with Crippen molar-refractivity contribution >= 4 is 21.6 Å². The van der Waals surface area contributed by atoms with Crippen LogP contribution in [0.4, 0.5) is 26.3 Å². The van der Waals surface area contributed by atoms with Crippen molar-refractivity contribution in [3.63, 3.8) is 0 Å². The van der Waals surface area contributed by atoms with E-state index in [9.17, 15) is 34.8 Å². The second-order valence-electron chi connectivity index (χ2n) is 6.34. The maximum absolute atomic E-state index is 14.1. The van der Waals surface area contributed by atoms with E-state index in [0.29, 0.717) is 0 Å². The predicted octanol–water partition coefficient (Wildman–Crippen LogP) is 4.74. The summed E-state index contributed by atoms with van der Waals surface area (Å²) in [5.41, 5.74) is -10.9. The third kappa shape index (κ3) is 3.69. The molecule has 2 aromatic carbocycles. The minimum absolute atomic E-state index is 0.195. The molecule has 0 radical (unpaired) electrons. The topological polar surface area (TPSA) is 55.7 Å². The summed E-state index contributed by atoms with van der Waals surface area (Å²) in [7, 11) is -6.40. The van der Waals surface area contributed by atoms with Gasteiger partial charge in [0.1, 0.15) is 5.71 Å². The summed E-state index contributed by atoms with van der Waals surface area (Å²) in [5, 5.41) is -0.0219. The Kier molecular flexibility index (Phi) is 5.44. The average molecular weight is 449 g/mol. The fourth-order valence-electron chi connectivity index (χ4n) is 2.94. The van der Waals surface area contributed by atoms with Crippen LogP contribution >= 0.6 is 0 Å².